The highest BCUT2D eigenvalue weighted by Gasteiger charge is 2.06. The molecule has 0 radical (unpaired) electrons. The van der Waals surface area contributed by atoms with Crippen LogP contribution in [0.2, 0.25) is 0 Å². The van der Waals surface area contributed by atoms with E-state index in [2.05, 4.69) is 10.3 Å². The Morgan fingerprint density at radius 1 is 1.47 bits per heavy atom. The van der Waals surface area contributed by atoms with Crippen molar-refractivity contribution in [2.45, 2.75) is 12.8 Å². The normalized spacial score (nSPS) is 8.60. The summed E-state index contributed by atoms with van der Waals surface area (Å²) < 4.78 is 0. The summed E-state index contributed by atoms with van der Waals surface area (Å²) >= 11 is 0. The molecule has 1 aromatic rings. The van der Waals surface area contributed by atoms with E-state index in [1.165, 1.54) is 0 Å². The summed E-state index contributed by atoms with van der Waals surface area (Å²) in [5.74, 6) is 0.221. The fourth-order valence-electron chi connectivity index (χ4n) is 1.18. The van der Waals surface area contributed by atoms with Gasteiger partial charge < -0.3 is 30.1 Å². The number of ketones is 1. The first kappa shape index (κ1) is 16.8. The minimum Gasteiger partial charge on any atom is -1.00 e. The minimum absolute atomic E-state index is 0. The van der Waals surface area contributed by atoms with Crippen LogP contribution in [0, 0.1) is 0 Å². The SMILES string of the molecule is C[NH2+]CCCC(=O)c1ccc[nH+]c1.[Cl-].[Cl-]. The molecule has 86 valence electrons. The molecule has 1 rings (SSSR count). The molecule has 0 aliphatic heterocycles. The molecular formula is C10H16Cl2N2O. The van der Waals surface area contributed by atoms with Crippen LogP contribution in [0.1, 0.15) is 23.2 Å². The van der Waals surface area contributed by atoms with Gasteiger partial charge in [-0.2, -0.15) is 0 Å². The van der Waals surface area contributed by atoms with Crippen LogP contribution >= 0.6 is 0 Å². The second-order valence-electron chi connectivity index (χ2n) is 3.02. The summed E-state index contributed by atoms with van der Waals surface area (Å²) in [5, 5.41) is 2.09. The maximum atomic E-state index is 11.5. The number of hydrogen-bond donors (Lipinski definition) is 1. The first-order chi connectivity index (χ1) is 6.34. The molecule has 0 unspecified atom stereocenters. The van der Waals surface area contributed by atoms with E-state index in [1.807, 2.05) is 19.2 Å². The standard InChI is InChI=1S/C10H14N2O.2ClH/c1-11-6-3-5-10(13)9-4-2-7-12-8-9;;/h2,4,7-8,11H,3,5-6H2,1H3;2*1H. The van der Waals surface area contributed by atoms with Gasteiger partial charge in [0.1, 0.15) is 0 Å². The Morgan fingerprint density at radius 3 is 2.73 bits per heavy atom. The highest BCUT2D eigenvalue weighted by atomic mass is 35.5. The lowest BCUT2D eigenvalue weighted by Gasteiger charge is -1.96. The molecule has 5 heteroatoms. The molecule has 1 heterocycles. The zero-order chi connectivity index (χ0) is 9.52. The molecule has 3 nitrogen and oxygen atoms in total. The molecule has 0 fully saturated rings. The first-order valence-corrected chi connectivity index (χ1v) is 4.61. The quantitative estimate of drug-likeness (QED) is 0.411. The predicted octanol–water partition coefficient (Wildman–Crippen LogP) is -6.34. The molecule has 15 heavy (non-hydrogen) atoms. The Labute approximate surface area is 102 Å². The third kappa shape index (κ3) is 6.44. The number of aromatic amines is 1. The minimum atomic E-state index is 0. The predicted molar refractivity (Wildman–Crippen MR) is 49.3 cm³/mol. The van der Waals surface area contributed by atoms with Gasteiger partial charge in [0.2, 0.25) is 0 Å². The van der Waals surface area contributed by atoms with E-state index in [-0.39, 0.29) is 30.6 Å². The maximum Gasteiger partial charge on any atom is 0.177 e. The second kappa shape index (κ2) is 9.90. The summed E-state index contributed by atoms with van der Waals surface area (Å²) in [4.78, 5) is 14.4. The van der Waals surface area contributed by atoms with E-state index in [1.54, 1.807) is 12.4 Å². The van der Waals surface area contributed by atoms with Crippen LogP contribution < -0.4 is 35.1 Å². The van der Waals surface area contributed by atoms with Crippen molar-refractivity contribution in [3.05, 3.63) is 30.1 Å². The lowest BCUT2D eigenvalue weighted by molar-refractivity contribution is -0.627. The highest BCUT2D eigenvalue weighted by molar-refractivity contribution is 5.95. The van der Waals surface area contributed by atoms with Crippen LogP contribution in [0.5, 0.6) is 0 Å². The van der Waals surface area contributed by atoms with Crippen molar-refractivity contribution in [2.24, 2.45) is 0 Å². The van der Waals surface area contributed by atoms with Crippen molar-refractivity contribution in [2.75, 3.05) is 13.6 Å². The van der Waals surface area contributed by atoms with Gasteiger partial charge in [-0.3, -0.25) is 4.79 Å². The molecule has 0 aliphatic rings. The molecule has 0 aromatic carbocycles. The molecule has 3 N–H and O–H groups in total. The van der Waals surface area contributed by atoms with Crippen molar-refractivity contribution in [1.82, 2.24) is 0 Å². The fraction of sp³-hybridized carbons (Fsp3) is 0.400. The van der Waals surface area contributed by atoms with Gasteiger partial charge in [0.15, 0.2) is 18.2 Å². The van der Waals surface area contributed by atoms with Crippen molar-refractivity contribution in [3.63, 3.8) is 0 Å². The molecule has 0 saturated heterocycles. The van der Waals surface area contributed by atoms with E-state index in [0.29, 0.717) is 6.42 Å². The Morgan fingerprint density at radius 2 is 2.20 bits per heavy atom. The number of aromatic nitrogens is 1. The number of H-pyrrole nitrogens is 1. The number of pyridine rings is 1. The Hall–Kier alpha value is -0.640. The maximum absolute atomic E-state index is 11.5. The molecule has 0 amide bonds. The Bertz CT molecular complexity index is 267. The van der Waals surface area contributed by atoms with E-state index in [4.69, 9.17) is 0 Å². The van der Waals surface area contributed by atoms with Crippen molar-refractivity contribution >= 4 is 5.78 Å². The van der Waals surface area contributed by atoms with Gasteiger partial charge in [-0.05, 0) is 6.07 Å². The zero-order valence-electron chi connectivity index (χ0n) is 8.67. The molecule has 0 atom stereocenters. The van der Waals surface area contributed by atoms with Crippen molar-refractivity contribution < 1.29 is 39.9 Å². The summed E-state index contributed by atoms with van der Waals surface area (Å²) in [6.07, 6.45) is 5.14. The molecule has 0 spiro atoms. The number of halogens is 2. The summed E-state index contributed by atoms with van der Waals surface area (Å²) in [6, 6.07) is 3.69. The highest BCUT2D eigenvalue weighted by Crippen LogP contribution is 2.00. The number of Topliss-reactive ketones (excluding diaryl/α,β-unsaturated/α-hetero) is 1. The third-order valence-electron chi connectivity index (χ3n) is 1.93. The zero-order valence-corrected chi connectivity index (χ0v) is 10.2. The largest absolute Gasteiger partial charge is 1.00 e. The lowest BCUT2D eigenvalue weighted by atomic mass is 10.1. The summed E-state index contributed by atoms with van der Waals surface area (Å²) in [7, 11) is 2.01. The van der Waals surface area contributed by atoms with Crippen molar-refractivity contribution in [1.29, 1.82) is 0 Å². The molecule has 0 saturated carbocycles. The van der Waals surface area contributed by atoms with Crippen LogP contribution in [0.4, 0.5) is 0 Å². The smallest absolute Gasteiger partial charge is 0.177 e. The number of hydrogen-bond acceptors (Lipinski definition) is 1. The molecule has 0 aliphatic carbocycles. The monoisotopic (exact) mass is 250 g/mol. The second-order valence-corrected chi connectivity index (χ2v) is 3.02. The first-order valence-electron chi connectivity index (χ1n) is 4.61. The number of nitrogens with two attached hydrogens (primary N) is 1. The van der Waals surface area contributed by atoms with Crippen LogP contribution in [0.3, 0.4) is 0 Å². The average molecular weight is 251 g/mol. The van der Waals surface area contributed by atoms with Gasteiger partial charge >= 0.3 is 0 Å². The molecule has 0 bridgehead atoms. The number of quaternary nitrogens is 1. The van der Waals surface area contributed by atoms with Gasteiger partial charge in [0, 0.05) is 18.9 Å². The van der Waals surface area contributed by atoms with Crippen LogP contribution in [-0.4, -0.2) is 19.4 Å². The number of carbonyl (C=O) groups is 1. The summed E-state index contributed by atoms with van der Waals surface area (Å²) in [6.45, 7) is 1.02. The lowest BCUT2D eigenvalue weighted by Crippen LogP contribution is -3.00. The van der Waals surface area contributed by atoms with E-state index in [9.17, 15) is 4.79 Å². The van der Waals surface area contributed by atoms with Crippen LogP contribution in [0.15, 0.2) is 24.5 Å². The van der Waals surface area contributed by atoms with Gasteiger partial charge in [-0.1, -0.05) is 0 Å². The number of rotatable bonds is 5. The van der Waals surface area contributed by atoms with Crippen LogP contribution in [-0.2, 0) is 0 Å². The van der Waals surface area contributed by atoms with E-state index >= 15 is 0 Å². The number of nitrogens with one attached hydrogen (secondary N) is 1. The average Bonchev–Trinajstić information content (AvgIpc) is 2.19. The Kier molecular flexibility index (Phi) is 11.1. The summed E-state index contributed by atoms with van der Waals surface area (Å²) in [5.41, 5.74) is 0.776. The molecular weight excluding hydrogens is 235 g/mol. The van der Waals surface area contributed by atoms with Gasteiger partial charge in [0.25, 0.3) is 0 Å². The van der Waals surface area contributed by atoms with Crippen LogP contribution in [0.25, 0.3) is 0 Å². The van der Waals surface area contributed by atoms with Crippen molar-refractivity contribution in [3.8, 4) is 0 Å². The fourth-order valence-corrected chi connectivity index (χ4v) is 1.18. The van der Waals surface area contributed by atoms with Gasteiger partial charge in [0.05, 0.1) is 19.2 Å². The van der Waals surface area contributed by atoms with E-state index < -0.39 is 0 Å². The topological polar surface area (TPSA) is 47.8 Å². The number of carbonyl (C=O) groups excluding carboxylic acids is 1. The third-order valence-corrected chi connectivity index (χ3v) is 1.93. The van der Waals surface area contributed by atoms with E-state index in [0.717, 1.165) is 18.5 Å². The molecule has 1 aromatic heterocycles. The Balaban J connectivity index is 0. The van der Waals surface area contributed by atoms with Gasteiger partial charge in [-0.15, -0.1) is 0 Å². The van der Waals surface area contributed by atoms with Gasteiger partial charge in [-0.25, -0.2) is 4.98 Å².